The molecule has 7 heteroatoms. The topological polar surface area (TPSA) is 89.2 Å². The van der Waals surface area contributed by atoms with E-state index >= 15 is 0 Å². The molecule has 1 aromatic carbocycles. The molecule has 1 fully saturated rings. The Morgan fingerprint density at radius 3 is 2.60 bits per heavy atom. The van der Waals surface area contributed by atoms with Crippen molar-refractivity contribution in [2.75, 3.05) is 32.8 Å². The minimum Gasteiger partial charge on any atom is -0.378 e. The van der Waals surface area contributed by atoms with E-state index in [1.165, 1.54) is 11.8 Å². The van der Waals surface area contributed by atoms with Crippen LogP contribution in [-0.4, -0.2) is 43.7 Å². The third-order valence-electron chi connectivity index (χ3n) is 3.71. The number of ether oxygens (including phenoxy) is 1. The van der Waals surface area contributed by atoms with Crippen LogP contribution in [0.3, 0.4) is 0 Å². The van der Waals surface area contributed by atoms with Crippen molar-refractivity contribution in [3.63, 3.8) is 0 Å². The standard InChI is InChI=1S/C18H20N4O2S/c1-2-21-17(15(11-19)12-20)25-13-14-5-3-4-6-16(14)18(23)22-7-9-24-10-8-22/h3-6,21H,2,7-10,13H2,1H3. The fourth-order valence-electron chi connectivity index (χ4n) is 2.44. The van der Waals surface area contributed by atoms with Crippen molar-refractivity contribution in [1.82, 2.24) is 10.2 Å². The summed E-state index contributed by atoms with van der Waals surface area (Å²) >= 11 is 1.36. The molecule has 1 aliphatic rings. The molecule has 0 saturated carbocycles. The van der Waals surface area contributed by atoms with Gasteiger partial charge in [0.05, 0.1) is 18.2 Å². The Morgan fingerprint density at radius 1 is 1.28 bits per heavy atom. The second-order valence-electron chi connectivity index (χ2n) is 5.31. The molecule has 1 aromatic rings. The first kappa shape index (κ1) is 18.9. The van der Waals surface area contributed by atoms with Crippen molar-refractivity contribution in [3.05, 3.63) is 46.0 Å². The van der Waals surface area contributed by atoms with Crippen molar-refractivity contribution in [1.29, 1.82) is 10.5 Å². The van der Waals surface area contributed by atoms with E-state index in [1.807, 2.05) is 43.3 Å². The first-order valence-corrected chi connectivity index (χ1v) is 9.05. The maximum absolute atomic E-state index is 12.8. The van der Waals surface area contributed by atoms with Gasteiger partial charge >= 0.3 is 0 Å². The summed E-state index contributed by atoms with van der Waals surface area (Å²) in [5, 5.41) is 21.7. The largest absolute Gasteiger partial charge is 0.378 e. The average Bonchev–Trinajstić information content (AvgIpc) is 2.67. The molecular formula is C18H20N4O2S. The molecule has 130 valence electrons. The Labute approximate surface area is 152 Å². The monoisotopic (exact) mass is 356 g/mol. The zero-order valence-corrected chi connectivity index (χ0v) is 14.9. The summed E-state index contributed by atoms with van der Waals surface area (Å²) in [5.74, 6) is 0.496. The third-order valence-corrected chi connectivity index (χ3v) is 4.80. The number of rotatable bonds is 6. The van der Waals surface area contributed by atoms with Gasteiger partial charge in [0.1, 0.15) is 12.1 Å². The Balaban J connectivity index is 2.18. The van der Waals surface area contributed by atoms with E-state index in [0.717, 1.165) is 5.56 Å². The third kappa shape index (κ3) is 4.99. The van der Waals surface area contributed by atoms with Crippen LogP contribution in [0.1, 0.15) is 22.8 Å². The van der Waals surface area contributed by atoms with E-state index < -0.39 is 0 Å². The smallest absolute Gasteiger partial charge is 0.254 e. The molecular weight excluding hydrogens is 336 g/mol. The van der Waals surface area contributed by atoms with Gasteiger partial charge in [-0.2, -0.15) is 10.5 Å². The lowest BCUT2D eigenvalue weighted by atomic mass is 10.1. The molecule has 1 heterocycles. The van der Waals surface area contributed by atoms with Crippen LogP contribution in [0, 0.1) is 22.7 Å². The predicted molar refractivity (Wildman–Crippen MR) is 96.4 cm³/mol. The van der Waals surface area contributed by atoms with E-state index in [2.05, 4.69) is 5.32 Å². The number of amides is 1. The molecule has 2 rings (SSSR count). The minimum absolute atomic E-state index is 0.00531. The normalized spacial score (nSPS) is 13.5. The van der Waals surface area contributed by atoms with E-state index in [9.17, 15) is 4.79 Å². The van der Waals surface area contributed by atoms with Gasteiger partial charge in [0, 0.05) is 31.0 Å². The lowest BCUT2D eigenvalue weighted by Crippen LogP contribution is -2.41. The van der Waals surface area contributed by atoms with Gasteiger partial charge in [0.15, 0.2) is 5.57 Å². The van der Waals surface area contributed by atoms with Crippen LogP contribution in [-0.2, 0) is 10.5 Å². The number of nitrogens with one attached hydrogen (secondary N) is 1. The first-order valence-electron chi connectivity index (χ1n) is 8.07. The van der Waals surface area contributed by atoms with Crippen molar-refractivity contribution < 1.29 is 9.53 Å². The van der Waals surface area contributed by atoms with Crippen LogP contribution < -0.4 is 5.32 Å². The highest BCUT2D eigenvalue weighted by atomic mass is 32.2. The lowest BCUT2D eigenvalue weighted by Gasteiger charge is -2.27. The number of hydrogen-bond donors (Lipinski definition) is 1. The molecule has 0 aliphatic carbocycles. The highest BCUT2D eigenvalue weighted by Crippen LogP contribution is 2.25. The number of carbonyl (C=O) groups excluding carboxylic acids is 1. The van der Waals surface area contributed by atoms with Crippen LogP contribution in [0.25, 0.3) is 0 Å². The number of carbonyl (C=O) groups is 1. The summed E-state index contributed by atoms with van der Waals surface area (Å²) in [6, 6.07) is 11.3. The van der Waals surface area contributed by atoms with Crippen molar-refractivity contribution in [2.24, 2.45) is 0 Å². The predicted octanol–water partition coefficient (Wildman–Crippen LogP) is 2.26. The summed E-state index contributed by atoms with van der Waals surface area (Å²) in [5.41, 5.74) is 1.60. The number of thioether (sulfide) groups is 1. The van der Waals surface area contributed by atoms with Crippen LogP contribution >= 0.6 is 11.8 Å². The van der Waals surface area contributed by atoms with Gasteiger partial charge < -0.3 is 15.0 Å². The molecule has 1 amide bonds. The van der Waals surface area contributed by atoms with Crippen molar-refractivity contribution >= 4 is 17.7 Å². The molecule has 6 nitrogen and oxygen atoms in total. The highest BCUT2D eigenvalue weighted by molar-refractivity contribution is 8.02. The van der Waals surface area contributed by atoms with Crippen LogP contribution in [0.2, 0.25) is 0 Å². The first-order chi connectivity index (χ1) is 12.2. The SMILES string of the molecule is CCNC(SCc1ccccc1C(=O)N1CCOCC1)=C(C#N)C#N. The molecule has 25 heavy (non-hydrogen) atoms. The highest BCUT2D eigenvalue weighted by Gasteiger charge is 2.21. The summed E-state index contributed by atoms with van der Waals surface area (Å²) in [4.78, 5) is 14.6. The van der Waals surface area contributed by atoms with Gasteiger partial charge in [-0.1, -0.05) is 18.2 Å². The van der Waals surface area contributed by atoms with E-state index in [1.54, 1.807) is 4.90 Å². The second kappa shape index (κ2) is 9.73. The lowest BCUT2D eigenvalue weighted by molar-refractivity contribution is 0.0302. The molecule has 0 bridgehead atoms. The van der Waals surface area contributed by atoms with E-state index in [-0.39, 0.29) is 11.5 Å². The van der Waals surface area contributed by atoms with Crippen LogP contribution in [0.15, 0.2) is 34.9 Å². The van der Waals surface area contributed by atoms with Crippen molar-refractivity contribution in [3.8, 4) is 12.1 Å². The maximum Gasteiger partial charge on any atom is 0.254 e. The molecule has 1 aliphatic heterocycles. The van der Waals surface area contributed by atoms with Gasteiger partial charge in [-0.3, -0.25) is 4.79 Å². The van der Waals surface area contributed by atoms with Crippen LogP contribution in [0.5, 0.6) is 0 Å². The van der Waals surface area contributed by atoms with Crippen molar-refractivity contribution in [2.45, 2.75) is 12.7 Å². The zero-order valence-electron chi connectivity index (χ0n) is 14.1. The minimum atomic E-state index is -0.00531. The van der Waals surface area contributed by atoms with Gasteiger partial charge in [-0.05, 0) is 18.6 Å². The summed E-state index contributed by atoms with van der Waals surface area (Å²) in [6.45, 7) is 4.82. The zero-order chi connectivity index (χ0) is 18.1. The average molecular weight is 356 g/mol. The summed E-state index contributed by atoms with van der Waals surface area (Å²) in [6.07, 6.45) is 0. The summed E-state index contributed by atoms with van der Waals surface area (Å²) in [7, 11) is 0. The molecule has 1 saturated heterocycles. The Morgan fingerprint density at radius 2 is 1.96 bits per heavy atom. The Bertz CT molecular complexity index is 711. The molecule has 0 unspecified atom stereocenters. The maximum atomic E-state index is 12.8. The number of benzene rings is 1. The number of nitriles is 2. The molecule has 1 N–H and O–H groups in total. The number of allylic oxidation sites excluding steroid dienone is 1. The van der Waals surface area contributed by atoms with E-state index in [4.69, 9.17) is 15.3 Å². The van der Waals surface area contributed by atoms with Gasteiger partial charge in [0.25, 0.3) is 5.91 Å². The number of hydrogen-bond acceptors (Lipinski definition) is 6. The molecule has 0 aromatic heterocycles. The summed E-state index contributed by atoms with van der Waals surface area (Å²) < 4.78 is 5.30. The molecule has 0 atom stereocenters. The Hall–Kier alpha value is -2.48. The fraction of sp³-hybridized carbons (Fsp3) is 0.389. The molecule has 0 spiro atoms. The number of morpholine rings is 1. The fourth-order valence-corrected chi connectivity index (χ4v) is 3.47. The molecule has 0 radical (unpaired) electrons. The van der Waals surface area contributed by atoms with E-state index in [0.29, 0.717) is 49.2 Å². The number of nitrogens with zero attached hydrogens (tertiary/aromatic N) is 3. The van der Waals surface area contributed by atoms with Crippen LogP contribution in [0.4, 0.5) is 0 Å². The second-order valence-corrected chi connectivity index (χ2v) is 6.29. The van der Waals surface area contributed by atoms with Gasteiger partial charge in [-0.15, -0.1) is 11.8 Å². The van der Waals surface area contributed by atoms with Gasteiger partial charge in [0.2, 0.25) is 0 Å². The van der Waals surface area contributed by atoms with Gasteiger partial charge in [-0.25, -0.2) is 0 Å². The quantitative estimate of drug-likeness (QED) is 0.787. The Kier molecular flexibility index (Phi) is 7.34.